The molecule has 0 aliphatic heterocycles. The summed E-state index contributed by atoms with van der Waals surface area (Å²) in [5, 5.41) is 0.299. The Morgan fingerprint density at radius 1 is 0.741 bits per heavy atom. The molecule has 27 heavy (non-hydrogen) atoms. The molecule has 3 rings (SSSR count). The molecule has 0 N–H and O–H groups in total. The van der Waals surface area contributed by atoms with Crippen LogP contribution in [0.15, 0.2) is 91.0 Å². The molecule has 0 aliphatic carbocycles. The van der Waals surface area contributed by atoms with E-state index < -0.39 is 15.4 Å². The molecule has 0 saturated carbocycles. The maximum absolute atomic E-state index is 11.6. The number of halogens is 1. The molecule has 3 nitrogen and oxygen atoms in total. The summed E-state index contributed by atoms with van der Waals surface area (Å²) < 4.78 is 28.4. The number of benzene rings is 3. The number of hydrogen-bond acceptors (Lipinski definition) is 3. The first kappa shape index (κ1) is 20.2. The van der Waals surface area contributed by atoms with Gasteiger partial charge in [0.2, 0.25) is 0 Å². The molecule has 0 unspecified atom stereocenters. The van der Waals surface area contributed by atoms with Gasteiger partial charge in [0.25, 0.3) is 0 Å². The Balaban J connectivity index is 2.29. The van der Waals surface area contributed by atoms with E-state index in [1.807, 2.05) is 54.6 Å². The fourth-order valence-corrected chi connectivity index (χ4v) is 11.0. The van der Waals surface area contributed by atoms with E-state index in [4.69, 9.17) is 4.18 Å². The Morgan fingerprint density at radius 3 is 1.37 bits per heavy atom. The standard InChI is InChI=1S/C21H22BrO3PS/c1-27(23,24)25-17-18-26(22,19-11-5-2-6-12-19,20-13-7-3-8-14-20)21-15-9-4-10-16-21/h2-16H,17-18H2,1H3. The van der Waals surface area contributed by atoms with E-state index in [-0.39, 0.29) is 6.61 Å². The van der Waals surface area contributed by atoms with Crippen molar-refractivity contribution in [2.75, 3.05) is 19.0 Å². The average Bonchev–Trinajstić information content (AvgIpc) is 2.69. The van der Waals surface area contributed by atoms with Gasteiger partial charge in [-0.15, -0.1) is 0 Å². The summed E-state index contributed by atoms with van der Waals surface area (Å²) in [4.78, 5) is 0. The fourth-order valence-electron chi connectivity index (χ4n) is 3.41. The first-order chi connectivity index (χ1) is 12.8. The molecular weight excluding hydrogens is 443 g/mol. The molecule has 0 saturated heterocycles. The molecule has 0 aromatic heterocycles. The average molecular weight is 465 g/mol. The van der Waals surface area contributed by atoms with Crippen LogP contribution in [-0.2, 0) is 14.3 Å². The minimum atomic E-state index is -3.52. The van der Waals surface area contributed by atoms with Gasteiger partial charge in [-0.1, -0.05) is 0 Å². The van der Waals surface area contributed by atoms with Gasteiger partial charge < -0.3 is 0 Å². The van der Waals surface area contributed by atoms with Crippen molar-refractivity contribution in [2.45, 2.75) is 0 Å². The predicted octanol–water partition coefficient (Wildman–Crippen LogP) is 3.80. The first-order valence-corrected chi connectivity index (χ1v) is 14.8. The first-order valence-electron chi connectivity index (χ1n) is 8.59. The van der Waals surface area contributed by atoms with Crippen LogP contribution in [-0.4, -0.2) is 27.4 Å². The SMILES string of the molecule is CS(=O)(=O)OCCP(Br)(c1ccccc1)(c1ccccc1)c1ccccc1. The second-order valence-electron chi connectivity index (χ2n) is 6.44. The van der Waals surface area contributed by atoms with Crippen molar-refractivity contribution in [3.63, 3.8) is 0 Å². The Morgan fingerprint density at radius 2 is 1.07 bits per heavy atom. The van der Waals surface area contributed by atoms with E-state index in [1.165, 1.54) is 0 Å². The number of hydrogen-bond donors (Lipinski definition) is 0. The van der Waals surface area contributed by atoms with Crippen molar-refractivity contribution in [3.05, 3.63) is 91.0 Å². The summed E-state index contributed by atoms with van der Waals surface area (Å²) in [5.74, 6) is 0. The van der Waals surface area contributed by atoms with Crippen LogP contribution < -0.4 is 15.9 Å². The van der Waals surface area contributed by atoms with Gasteiger partial charge in [0, 0.05) is 0 Å². The Bertz CT molecular complexity index is 894. The van der Waals surface area contributed by atoms with Crippen LogP contribution in [0.4, 0.5) is 0 Å². The topological polar surface area (TPSA) is 43.4 Å². The van der Waals surface area contributed by atoms with E-state index in [2.05, 4.69) is 51.9 Å². The third-order valence-corrected chi connectivity index (χ3v) is 15.2. The summed E-state index contributed by atoms with van der Waals surface area (Å²) in [7, 11) is -3.52. The van der Waals surface area contributed by atoms with Gasteiger partial charge in [0.15, 0.2) is 0 Å². The van der Waals surface area contributed by atoms with Crippen LogP contribution in [0.25, 0.3) is 0 Å². The van der Waals surface area contributed by atoms with Gasteiger partial charge in [-0.2, -0.15) is 0 Å². The van der Waals surface area contributed by atoms with Crippen molar-refractivity contribution >= 4 is 46.8 Å². The van der Waals surface area contributed by atoms with Crippen LogP contribution in [0.5, 0.6) is 0 Å². The second-order valence-corrected chi connectivity index (χ2v) is 17.1. The van der Waals surface area contributed by atoms with Crippen LogP contribution in [0.3, 0.4) is 0 Å². The van der Waals surface area contributed by atoms with E-state index in [0.29, 0.717) is 6.16 Å². The second kappa shape index (κ2) is 7.84. The van der Waals surface area contributed by atoms with Gasteiger partial charge >= 0.3 is 169 Å². The third-order valence-electron chi connectivity index (χ3n) is 4.69. The molecule has 0 amide bonds. The zero-order chi connectivity index (χ0) is 19.4. The zero-order valence-electron chi connectivity index (χ0n) is 15.0. The molecule has 0 atom stereocenters. The van der Waals surface area contributed by atoms with Crippen LogP contribution in [0.1, 0.15) is 0 Å². The van der Waals surface area contributed by atoms with Crippen molar-refractivity contribution in [2.24, 2.45) is 0 Å². The molecule has 142 valence electrons. The van der Waals surface area contributed by atoms with E-state index >= 15 is 0 Å². The molecule has 0 aliphatic rings. The molecule has 3 aromatic carbocycles. The van der Waals surface area contributed by atoms with E-state index in [1.54, 1.807) is 0 Å². The Kier molecular flexibility index (Phi) is 5.87. The van der Waals surface area contributed by atoms with Crippen molar-refractivity contribution in [1.29, 1.82) is 0 Å². The van der Waals surface area contributed by atoms with Gasteiger partial charge in [0.05, 0.1) is 0 Å². The third kappa shape index (κ3) is 4.02. The van der Waals surface area contributed by atoms with Gasteiger partial charge in [-0.05, 0) is 0 Å². The molecule has 0 bridgehead atoms. The predicted molar refractivity (Wildman–Crippen MR) is 120 cm³/mol. The molecule has 0 fully saturated rings. The molecule has 0 radical (unpaired) electrons. The van der Waals surface area contributed by atoms with Crippen LogP contribution >= 0.6 is 20.8 Å². The van der Waals surface area contributed by atoms with Crippen molar-refractivity contribution in [1.82, 2.24) is 0 Å². The fraction of sp³-hybridized carbons (Fsp3) is 0.143. The molecule has 0 heterocycles. The summed E-state index contributed by atoms with van der Waals surface area (Å²) in [6.45, 7) is 0.0978. The molecule has 6 heteroatoms. The van der Waals surface area contributed by atoms with E-state index in [9.17, 15) is 8.42 Å². The molecule has 3 aromatic rings. The van der Waals surface area contributed by atoms with Crippen molar-refractivity contribution in [3.8, 4) is 0 Å². The quantitative estimate of drug-likeness (QED) is 0.394. The minimum absolute atomic E-state index is 0.0978. The van der Waals surface area contributed by atoms with E-state index in [0.717, 1.165) is 22.2 Å². The Hall–Kier alpha value is -1.52. The number of rotatable bonds is 7. The zero-order valence-corrected chi connectivity index (χ0v) is 18.3. The summed E-state index contributed by atoms with van der Waals surface area (Å²) in [5.41, 5.74) is 0. The van der Waals surface area contributed by atoms with Gasteiger partial charge in [0.1, 0.15) is 0 Å². The maximum atomic E-state index is 11.6. The monoisotopic (exact) mass is 464 g/mol. The molecular formula is C21H22BrO3PS. The van der Waals surface area contributed by atoms with Crippen LogP contribution in [0.2, 0.25) is 0 Å². The Labute approximate surface area is 169 Å². The summed E-state index contributed by atoms with van der Waals surface area (Å²) in [6.07, 6.45) is 1.61. The van der Waals surface area contributed by atoms with Gasteiger partial charge in [-0.3, -0.25) is 0 Å². The van der Waals surface area contributed by atoms with Crippen molar-refractivity contribution < 1.29 is 12.6 Å². The summed E-state index contributed by atoms with van der Waals surface area (Å²) >= 11 is 4.24. The molecule has 0 spiro atoms. The normalized spacial score (nSPS) is 13.6. The van der Waals surface area contributed by atoms with Crippen LogP contribution in [0, 0.1) is 0 Å². The van der Waals surface area contributed by atoms with Gasteiger partial charge in [-0.25, -0.2) is 0 Å². The summed E-state index contributed by atoms with van der Waals surface area (Å²) in [6, 6.07) is 30.7.